The maximum absolute atomic E-state index is 12.9. The first-order valence-corrected chi connectivity index (χ1v) is 13.3. The summed E-state index contributed by atoms with van der Waals surface area (Å²) in [6.07, 6.45) is 8.10. The predicted molar refractivity (Wildman–Crippen MR) is 129 cm³/mol. The second kappa shape index (κ2) is 14.5. The molecule has 0 bridgehead atoms. The van der Waals surface area contributed by atoms with E-state index in [9.17, 15) is 14.8 Å². The van der Waals surface area contributed by atoms with Crippen molar-refractivity contribution in [3.8, 4) is 0 Å². The first-order valence-electron chi connectivity index (χ1n) is 13.3. The minimum absolute atomic E-state index is 0.102. The summed E-state index contributed by atoms with van der Waals surface area (Å²) in [4.78, 5) is 30.6. The maximum atomic E-state index is 12.9. The van der Waals surface area contributed by atoms with Crippen molar-refractivity contribution in [3.63, 3.8) is 0 Å². The van der Waals surface area contributed by atoms with E-state index in [1.807, 2.05) is 0 Å². The average Bonchev–Trinajstić information content (AvgIpc) is 3.12. The minimum atomic E-state index is -1.00. The molecule has 2 rings (SSSR count). The van der Waals surface area contributed by atoms with Crippen molar-refractivity contribution in [2.24, 2.45) is 23.7 Å². The Kier molecular flexibility index (Phi) is 12.2. The molecule has 1 saturated carbocycles. The van der Waals surface area contributed by atoms with Crippen molar-refractivity contribution < 1.29 is 33.5 Å². The smallest absolute Gasteiger partial charge is 0.405 e. The number of hydrogen-bond donors (Lipinski definition) is 0. The zero-order valence-corrected chi connectivity index (χ0v) is 21.8. The van der Waals surface area contributed by atoms with Gasteiger partial charge < -0.3 is 19.0 Å². The summed E-state index contributed by atoms with van der Waals surface area (Å²) in [6, 6.07) is 0. The van der Waals surface area contributed by atoms with Crippen LogP contribution in [0.15, 0.2) is 0 Å². The number of ether oxygens (including phenoxy) is 3. The van der Waals surface area contributed by atoms with E-state index >= 15 is 0 Å². The van der Waals surface area contributed by atoms with Gasteiger partial charge in [0.15, 0.2) is 0 Å². The van der Waals surface area contributed by atoms with Crippen LogP contribution in [-0.2, 0) is 28.6 Å². The molecule has 8 heteroatoms. The molecule has 0 N–H and O–H groups in total. The monoisotopic (exact) mass is 483 g/mol. The lowest BCUT2D eigenvalue weighted by Gasteiger charge is -2.38. The molecule has 8 nitrogen and oxygen atoms in total. The van der Waals surface area contributed by atoms with Gasteiger partial charge in [-0.05, 0) is 43.9 Å². The number of rotatable bonds is 14. The third kappa shape index (κ3) is 8.43. The van der Waals surface area contributed by atoms with Crippen LogP contribution in [0.5, 0.6) is 0 Å². The number of carbonyl (C=O) groups excluding carboxylic acids is 2. The molecule has 0 aromatic carbocycles. The fraction of sp³-hybridized carbons (Fsp3) is 0.885. The van der Waals surface area contributed by atoms with Crippen LogP contribution in [-0.4, -0.2) is 48.2 Å². The van der Waals surface area contributed by atoms with Gasteiger partial charge in [-0.1, -0.05) is 66.2 Å². The Morgan fingerprint density at radius 3 is 2.53 bits per heavy atom. The molecule has 3 unspecified atom stereocenters. The van der Waals surface area contributed by atoms with Crippen LogP contribution in [0, 0.1) is 28.9 Å². The molecule has 1 aliphatic carbocycles. The lowest BCUT2D eigenvalue weighted by Crippen LogP contribution is -2.43. The summed E-state index contributed by atoms with van der Waals surface area (Å²) < 4.78 is 16.9. The van der Waals surface area contributed by atoms with Crippen molar-refractivity contribution >= 4 is 17.7 Å². The topological polar surface area (TPSA) is 97.1 Å². The van der Waals surface area contributed by atoms with Crippen LogP contribution in [0.3, 0.4) is 0 Å². The van der Waals surface area contributed by atoms with E-state index in [1.54, 1.807) is 6.92 Å². The Bertz CT molecular complexity index is 678. The lowest BCUT2D eigenvalue weighted by atomic mass is 9.75. The molecular weight excluding hydrogens is 438 g/mol. The van der Waals surface area contributed by atoms with Gasteiger partial charge in [0.25, 0.3) is 0 Å². The van der Waals surface area contributed by atoms with Gasteiger partial charge in [0.2, 0.25) is 6.29 Å². The lowest BCUT2D eigenvalue weighted by molar-refractivity contribution is -0.742. The summed E-state index contributed by atoms with van der Waals surface area (Å²) in [6.45, 7) is 10.7. The highest BCUT2D eigenvalue weighted by atomic mass is 16.9. The average molecular weight is 484 g/mol. The quantitative estimate of drug-likeness (QED) is 0.111. The Balaban J connectivity index is 2.13. The van der Waals surface area contributed by atoms with E-state index in [4.69, 9.17) is 19.0 Å². The molecule has 5 atom stereocenters. The van der Waals surface area contributed by atoms with Gasteiger partial charge in [0.05, 0.1) is 25.7 Å². The van der Waals surface area contributed by atoms with E-state index in [1.165, 1.54) is 12.8 Å². The summed E-state index contributed by atoms with van der Waals surface area (Å²) in [5.41, 5.74) is -0.256. The van der Waals surface area contributed by atoms with Crippen molar-refractivity contribution in [3.05, 3.63) is 5.21 Å². The van der Waals surface area contributed by atoms with E-state index in [-0.39, 0.29) is 36.4 Å². The summed E-state index contributed by atoms with van der Waals surface area (Å²) in [7, 11) is 0. The number of carbonyl (C=O) groups is 2. The zero-order chi connectivity index (χ0) is 25.1. The van der Waals surface area contributed by atoms with Gasteiger partial charge in [-0.3, -0.25) is 10.0 Å². The molecule has 1 aliphatic heterocycles. The van der Waals surface area contributed by atoms with Crippen LogP contribution in [0.1, 0.15) is 98.8 Å². The first kappa shape index (κ1) is 28.4. The van der Waals surface area contributed by atoms with Crippen molar-refractivity contribution in [1.82, 2.24) is 0 Å². The van der Waals surface area contributed by atoms with E-state index < -0.39 is 24.1 Å². The van der Waals surface area contributed by atoms with Gasteiger partial charge in [0.1, 0.15) is 5.92 Å². The fourth-order valence-electron chi connectivity index (χ4n) is 4.99. The largest absolute Gasteiger partial charge is 0.458 e. The Labute approximate surface area is 204 Å². The Morgan fingerprint density at radius 1 is 1.15 bits per heavy atom. The van der Waals surface area contributed by atoms with Crippen LogP contribution in [0.2, 0.25) is 0 Å². The number of nitrogens with zero attached hydrogens (tertiary/aromatic N) is 1. The van der Waals surface area contributed by atoms with E-state index in [0.29, 0.717) is 24.2 Å². The Hall–Kier alpha value is -1.83. The number of cyclic esters (lactones) is 1. The highest BCUT2D eigenvalue weighted by Crippen LogP contribution is 2.38. The highest BCUT2D eigenvalue weighted by Gasteiger charge is 2.50. The van der Waals surface area contributed by atoms with Gasteiger partial charge in [-0.2, -0.15) is 0 Å². The number of unbranched alkanes of at least 4 members (excludes halogenated alkanes) is 5. The molecule has 1 heterocycles. The van der Waals surface area contributed by atoms with Crippen molar-refractivity contribution in [2.75, 3.05) is 13.2 Å². The zero-order valence-electron chi connectivity index (χ0n) is 21.8. The molecule has 2 fully saturated rings. The van der Waals surface area contributed by atoms with E-state index in [0.717, 1.165) is 38.5 Å². The van der Waals surface area contributed by atoms with Crippen molar-refractivity contribution in [2.45, 2.75) is 111 Å². The highest BCUT2D eigenvalue weighted by molar-refractivity contribution is 6.35. The van der Waals surface area contributed by atoms with Crippen LogP contribution < -0.4 is 0 Å². The summed E-state index contributed by atoms with van der Waals surface area (Å²) >= 11 is 0. The molecule has 0 aromatic rings. The first-order chi connectivity index (χ1) is 16.3. The summed E-state index contributed by atoms with van der Waals surface area (Å²) in [5.74, 6) is -0.909. The predicted octanol–water partition coefficient (Wildman–Crippen LogP) is 5.16. The van der Waals surface area contributed by atoms with Gasteiger partial charge in [-0.25, -0.2) is 4.79 Å². The second-order valence-electron chi connectivity index (χ2n) is 10.1. The third-order valence-corrected chi connectivity index (χ3v) is 6.97. The molecule has 0 aromatic heterocycles. The molecule has 0 spiro atoms. The van der Waals surface area contributed by atoms with Crippen LogP contribution in [0.4, 0.5) is 0 Å². The van der Waals surface area contributed by atoms with E-state index in [2.05, 4.69) is 27.7 Å². The summed E-state index contributed by atoms with van der Waals surface area (Å²) in [5, 5.41) is 12.9. The normalized spacial score (nSPS) is 27.9. The van der Waals surface area contributed by atoms with Gasteiger partial charge >= 0.3 is 17.7 Å². The molecule has 0 amide bonds. The SMILES string of the molecule is CCCCCCCCO/[N+]([O-])=C(\C(=O)OCC)[C@@H]1CC(=O)O[C@H]1OC1CC(C)CCC1C(C)C. The molecule has 196 valence electrons. The molecule has 1 saturated heterocycles. The molecule has 2 aliphatic rings. The molecular formula is C26H45NO7. The van der Waals surface area contributed by atoms with Crippen LogP contribution in [0.25, 0.3) is 0 Å². The maximum Gasteiger partial charge on any atom is 0.405 e. The Morgan fingerprint density at radius 2 is 1.85 bits per heavy atom. The third-order valence-electron chi connectivity index (χ3n) is 6.97. The molecule has 0 radical (unpaired) electrons. The number of esters is 2. The fourth-order valence-corrected chi connectivity index (χ4v) is 4.99. The van der Waals surface area contributed by atoms with Crippen molar-refractivity contribution in [1.29, 1.82) is 0 Å². The van der Waals surface area contributed by atoms with Gasteiger partial charge in [-0.15, -0.1) is 0 Å². The van der Waals surface area contributed by atoms with Gasteiger partial charge in [0, 0.05) is 4.90 Å². The minimum Gasteiger partial charge on any atom is -0.458 e. The standard InChI is InChI=1S/C26H45NO7/c1-6-8-9-10-11-12-15-32-27(30)24(25(29)31-7-2)21-17-23(28)34-26(21)33-22-16-19(5)13-14-20(22)18(3)4/h18-22,26H,6-17H2,1-5H3/b27-24-/t19?,20?,21-,22?,26+/m0/s1. The number of hydrogen-bond acceptors (Lipinski definition) is 7. The molecule has 34 heavy (non-hydrogen) atoms. The van der Waals surface area contributed by atoms with Crippen LogP contribution >= 0.6 is 0 Å². The second-order valence-corrected chi connectivity index (χ2v) is 10.1.